The van der Waals surface area contributed by atoms with E-state index in [1.165, 1.54) is 64.3 Å². The molecule has 0 amide bonds. The molecular formula is C13H25N. The zero-order valence-electron chi connectivity index (χ0n) is 9.67. The van der Waals surface area contributed by atoms with E-state index in [9.17, 15) is 0 Å². The highest BCUT2D eigenvalue weighted by atomic mass is 15.2. The number of hydrogen-bond acceptors (Lipinski definition) is 1. The Hall–Kier alpha value is -0.0400. The van der Waals surface area contributed by atoms with Crippen LogP contribution < -0.4 is 0 Å². The standard InChI is InChI=1S/C13H25N/c1-2-3-4-11-14(12-7-5-8-12)13-9-6-10-13/h12-13H,2-11H2,1H3. The van der Waals surface area contributed by atoms with Crippen molar-refractivity contribution in [2.75, 3.05) is 6.54 Å². The van der Waals surface area contributed by atoms with E-state index < -0.39 is 0 Å². The fourth-order valence-electron chi connectivity index (χ4n) is 2.64. The Morgan fingerprint density at radius 1 is 0.929 bits per heavy atom. The van der Waals surface area contributed by atoms with Gasteiger partial charge in [0.05, 0.1) is 0 Å². The van der Waals surface area contributed by atoms with Crippen molar-refractivity contribution in [1.82, 2.24) is 4.90 Å². The van der Waals surface area contributed by atoms with Gasteiger partial charge in [-0.15, -0.1) is 0 Å². The lowest BCUT2D eigenvalue weighted by Crippen LogP contribution is -2.49. The summed E-state index contributed by atoms with van der Waals surface area (Å²) in [4.78, 5) is 2.85. The Balaban J connectivity index is 1.73. The number of rotatable bonds is 6. The Bertz CT molecular complexity index is 145. The minimum absolute atomic E-state index is 0.983. The fraction of sp³-hybridized carbons (Fsp3) is 1.00. The molecule has 0 heterocycles. The van der Waals surface area contributed by atoms with Crippen molar-refractivity contribution in [1.29, 1.82) is 0 Å². The summed E-state index contributed by atoms with van der Waals surface area (Å²) < 4.78 is 0. The molecule has 2 saturated carbocycles. The Labute approximate surface area is 88.9 Å². The molecule has 2 aliphatic rings. The van der Waals surface area contributed by atoms with Crippen LogP contribution in [-0.2, 0) is 0 Å². The molecule has 0 radical (unpaired) electrons. The third-order valence-corrected chi connectivity index (χ3v) is 4.11. The van der Waals surface area contributed by atoms with Crippen LogP contribution in [0.4, 0.5) is 0 Å². The molecule has 82 valence electrons. The average Bonchev–Trinajstić information content (AvgIpc) is 1.98. The van der Waals surface area contributed by atoms with Crippen LogP contribution in [0, 0.1) is 0 Å². The van der Waals surface area contributed by atoms with Crippen LogP contribution in [0.5, 0.6) is 0 Å². The molecule has 0 aromatic carbocycles. The highest BCUT2D eigenvalue weighted by Crippen LogP contribution is 2.33. The van der Waals surface area contributed by atoms with Gasteiger partial charge < -0.3 is 0 Å². The van der Waals surface area contributed by atoms with E-state index >= 15 is 0 Å². The highest BCUT2D eigenvalue weighted by Gasteiger charge is 2.32. The molecule has 14 heavy (non-hydrogen) atoms. The largest absolute Gasteiger partial charge is 0.297 e. The predicted molar refractivity (Wildman–Crippen MR) is 61.5 cm³/mol. The first-order valence-electron chi connectivity index (χ1n) is 6.67. The van der Waals surface area contributed by atoms with Crippen molar-refractivity contribution < 1.29 is 0 Å². The Morgan fingerprint density at radius 2 is 1.50 bits per heavy atom. The topological polar surface area (TPSA) is 3.24 Å². The first-order valence-corrected chi connectivity index (χ1v) is 6.67. The third-order valence-electron chi connectivity index (χ3n) is 4.11. The van der Waals surface area contributed by atoms with E-state index in [-0.39, 0.29) is 0 Å². The molecule has 1 heteroatoms. The first kappa shape index (κ1) is 10.5. The van der Waals surface area contributed by atoms with Gasteiger partial charge in [0.1, 0.15) is 0 Å². The van der Waals surface area contributed by atoms with Crippen molar-refractivity contribution in [2.24, 2.45) is 0 Å². The molecule has 0 aromatic heterocycles. The lowest BCUT2D eigenvalue weighted by molar-refractivity contribution is 0.0391. The normalized spacial score (nSPS) is 23.6. The van der Waals surface area contributed by atoms with Crippen LogP contribution in [0.15, 0.2) is 0 Å². The number of hydrogen-bond donors (Lipinski definition) is 0. The van der Waals surface area contributed by atoms with Gasteiger partial charge in [0.2, 0.25) is 0 Å². The van der Waals surface area contributed by atoms with Crippen molar-refractivity contribution >= 4 is 0 Å². The fourth-order valence-corrected chi connectivity index (χ4v) is 2.64. The maximum absolute atomic E-state index is 2.85. The summed E-state index contributed by atoms with van der Waals surface area (Å²) in [7, 11) is 0. The zero-order valence-corrected chi connectivity index (χ0v) is 9.67. The van der Waals surface area contributed by atoms with E-state index in [0.29, 0.717) is 0 Å². The van der Waals surface area contributed by atoms with Gasteiger partial charge in [-0.3, -0.25) is 4.90 Å². The van der Waals surface area contributed by atoms with E-state index in [1.54, 1.807) is 0 Å². The lowest BCUT2D eigenvalue weighted by atomic mass is 9.84. The SMILES string of the molecule is CCCCCN(C1CCC1)C1CCC1. The molecule has 1 nitrogen and oxygen atoms in total. The number of unbranched alkanes of at least 4 members (excludes halogenated alkanes) is 2. The van der Waals surface area contributed by atoms with Crippen LogP contribution in [0.3, 0.4) is 0 Å². The Morgan fingerprint density at radius 3 is 1.86 bits per heavy atom. The highest BCUT2D eigenvalue weighted by molar-refractivity contribution is 4.88. The van der Waals surface area contributed by atoms with Crippen molar-refractivity contribution in [3.63, 3.8) is 0 Å². The summed E-state index contributed by atoms with van der Waals surface area (Å²) in [6, 6.07) is 1.97. The van der Waals surface area contributed by atoms with E-state index in [1.807, 2.05) is 0 Å². The maximum Gasteiger partial charge on any atom is 0.00982 e. The van der Waals surface area contributed by atoms with Gasteiger partial charge in [0.25, 0.3) is 0 Å². The van der Waals surface area contributed by atoms with Gasteiger partial charge in [-0.25, -0.2) is 0 Å². The summed E-state index contributed by atoms with van der Waals surface area (Å²) >= 11 is 0. The summed E-state index contributed by atoms with van der Waals surface area (Å²) in [6.07, 6.45) is 13.2. The molecule has 0 spiro atoms. The minimum atomic E-state index is 0.983. The van der Waals surface area contributed by atoms with E-state index in [4.69, 9.17) is 0 Å². The van der Waals surface area contributed by atoms with Crippen molar-refractivity contribution in [2.45, 2.75) is 76.8 Å². The molecule has 0 atom stereocenters. The monoisotopic (exact) mass is 195 g/mol. The Kier molecular flexibility index (Phi) is 3.86. The molecule has 0 unspecified atom stereocenters. The molecule has 0 N–H and O–H groups in total. The predicted octanol–water partition coefficient (Wildman–Crippen LogP) is 3.58. The minimum Gasteiger partial charge on any atom is -0.297 e. The molecule has 0 aliphatic heterocycles. The summed E-state index contributed by atoms with van der Waals surface area (Å²) in [6.45, 7) is 3.69. The second kappa shape index (κ2) is 5.16. The van der Waals surface area contributed by atoms with Crippen LogP contribution in [-0.4, -0.2) is 23.5 Å². The second-order valence-corrected chi connectivity index (χ2v) is 5.11. The molecule has 2 fully saturated rings. The van der Waals surface area contributed by atoms with Crippen LogP contribution in [0.2, 0.25) is 0 Å². The third kappa shape index (κ3) is 2.31. The first-order chi connectivity index (χ1) is 6.92. The lowest BCUT2D eigenvalue weighted by Gasteiger charge is -2.46. The van der Waals surface area contributed by atoms with Gasteiger partial charge in [0, 0.05) is 12.1 Å². The average molecular weight is 195 g/mol. The van der Waals surface area contributed by atoms with Gasteiger partial charge in [-0.2, -0.15) is 0 Å². The van der Waals surface area contributed by atoms with Crippen molar-refractivity contribution in [3.05, 3.63) is 0 Å². The molecule has 2 aliphatic carbocycles. The van der Waals surface area contributed by atoms with Crippen LogP contribution >= 0.6 is 0 Å². The van der Waals surface area contributed by atoms with Gasteiger partial charge in [0.15, 0.2) is 0 Å². The van der Waals surface area contributed by atoms with Crippen LogP contribution in [0.25, 0.3) is 0 Å². The summed E-state index contributed by atoms with van der Waals surface area (Å²) in [5.41, 5.74) is 0. The van der Waals surface area contributed by atoms with Gasteiger partial charge >= 0.3 is 0 Å². The van der Waals surface area contributed by atoms with Gasteiger partial charge in [-0.05, 0) is 38.6 Å². The molecule has 0 saturated heterocycles. The smallest absolute Gasteiger partial charge is 0.00982 e. The summed E-state index contributed by atoms with van der Waals surface area (Å²) in [5, 5.41) is 0. The van der Waals surface area contributed by atoms with E-state index in [0.717, 1.165) is 12.1 Å². The number of nitrogens with zero attached hydrogens (tertiary/aromatic N) is 1. The van der Waals surface area contributed by atoms with Crippen LogP contribution in [0.1, 0.15) is 64.7 Å². The van der Waals surface area contributed by atoms with Gasteiger partial charge in [-0.1, -0.05) is 32.6 Å². The zero-order chi connectivity index (χ0) is 9.80. The molecule has 0 bridgehead atoms. The summed E-state index contributed by atoms with van der Waals surface area (Å²) in [5.74, 6) is 0. The quantitative estimate of drug-likeness (QED) is 0.585. The molecular weight excluding hydrogens is 170 g/mol. The van der Waals surface area contributed by atoms with E-state index in [2.05, 4.69) is 11.8 Å². The maximum atomic E-state index is 2.85. The van der Waals surface area contributed by atoms with Crippen molar-refractivity contribution in [3.8, 4) is 0 Å². The molecule has 0 aromatic rings. The molecule has 2 rings (SSSR count). The second-order valence-electron chi connectivity index (χ2n) is 5.11.